The minimum atomic E-state index is -3.79. The molecule has 0 bridgehead atoms. The third kappa shape index (κ3) is 1020. The quantitative estimate of drug-likeness (QED) is 0.204. The molecule has 2 radical (unpaired) electrons. The van der Waals surface area contributed by atoms with E-state index in [0.29, 0.717) is 0 Å². The maximum absolute atomic E-state index is 8.54. The maximum Gasteiger partial charge on any atom is 3.00 e. The van der Waals surface area contributed by atoms with Crippen molar-refractivity contribution in [2.75, 3.05) is 0 Å². The summed E-state index contributed by atoms with van der Waals surface area (Å²) in [6.45, 7) is 0. The van der Waals surface area contributed by atoms with Crippen LogP contribution in [0.25, 0.3) is 0 Å². The largest absolute Gasteiger partial charge is 3.00 e. The summed E-state index contributed by atoms with van der Waals surface area (Å²) in [5.74, 6) is 0. The Balaban J connectivity index is -0.0000000161. The molecule has 0 rings (SSSR count). The molecule has 0 aromatic carbocycles. The summed E-state index contributed by atoms with van der Waals surface area (Å²) in [6.07, 6.45) is 0. The van der Waals surface area contributed by atoms with E-state index in [9.17, 15) is 0 Å². The van der Waals surface area contributed by atoms with E-state index in [2.05, 4.69) is 0 Å². The molecule has 0 atom stereocenters. The minimum Gasteiger partial charge on any atom is 2.00 e. The molecular weight excluding hydrogens is 992 g/mol. The van der Waals surface area contributed by atoms with E-state index in [0.717, 1.165) is 0 Å². The molecule has 0 aliphatic carbocycles. The van der Waals surface area contributed by atoms with Gasteiger partial charge in [0.05, 0.1) is 0 Å². The molecule has 24 heavy (non-hydrogen) atoms. The topological polar surface area (TPSA) is 316 Å². The van der Waals surface area contributed by atoms with Crippen molar-refractivity contribution < 1.29 is 95.2 Å². The Hall–Kier alpha value is 3.98. The van der Waals surface area contributed by atoms with Crippen LogP contribution in [0.5, 0.6) is 0 Å². The van der Waals surface area contributed by atoms with Crippen molar-refractivity contribution in [3.63, 3.8) is 0 Å². The molecule has 0 unspecified atom stereocenters. The average Bonchev–Trinajstić information content (AvgIpc) is 1.94. The van der Waals surface area contributed by atoms with E-state index in [1.807, 2.05) is 0 Å². The van der Waals surface area contributed by atoms with Crippen molar-refractivity contribution in [1.29, 1.82) is 0 Å². The molecule has 0 N–H and O–H groups in total. The van der Waals surface area contributed by atoms with Crippen molar-refractivity contribution in [3.05, 3.63) is 0 Å². The number of hydrogen-bond donors (Lipinski definition) is 0. The van der Waals surface area contributed by atoms with E-state index in [1.54, 1.807) is 0 Å². The van der Waals surface area contributed by atoms with E-state index in [4.69, 9.17) is 61.1 Å². The fourth-order valence-corrected chi connectivity index (χ4v) is 0. The molecule has 0 saturated carbocycles. The summed E-state index contributed by atoms with van der Waals surface area (Å²) < 4.78 is 128. The molecule has 0 fully saturated rings. The summed E-state index contributed by atoms with van der Waals surface area (Å²) in [6, 6.07) is 0. The van der Waals surface area contributed by atoms with Gasteiger partial charge in [-0.05, 0) is 0 Å². The third-order valence-corrected chi connectivity index (χ3v) is 0. The van der Waals surface area contributed by atoms with Crippen molar-refractivity contribution in [2.24, 2.45) is 0 Å². The van der Waals surface area contributed by atoms with Crippen LogP contribution in [0.4, 0.5) is 0 Å². The van der Waals surface area contributed by atoms with Gasteiger partial charge in [0.1, 0.15) is 0 Å². The second-order valence-electron chi connectivity index (χ2n) is 1.02. The molecule has 0 amide bonds. The van der Waals surface area contributed by atoms with Gasteiger partial charge in [-0.25, -0.2) is 0 Å². The van der Waals surface area contributed by atoms with Gasteiger partial charge in [-0.3, -0.25) is 0 Å². The molecule has 0 heterocycles. The molecule has 148 valence electrons. The Labute approximate surface area is 216 Å². The first-order chi connectivity index (χ1) is 8.66. The Morgan fingerprint density at radius 2 is 0.333 bits per heavy atom. The van der Waals surface area contributed by atoms with E-state index < -0.39 is 72.5 Å². The van der Waals surface area contributed by atoms with Crippen molar-refractivity contribution in [1.82, 2.24) is 0 Å². The zero-order valence-corrected chi connectivity index (χ0v) is 27.0. The smallest absolute Gasteiger partial charge is 2.00 e. The van der Waals surface area contributed by atoms with Gasteiger partial charge in [0, 0.05) is 0 Å². The number of hydrogen-bond acceptors (Lipinski definition) is 15. The Bertz CT molecular complexity index is 221. The minimum absolute atomic E-state index is 0. The monoisotopic (exact) mass is 995 g/mol. The first-order valence-corrected chi connectivity index (χ1v) is 13.0. The van der Waals surface area contributed by atoms with E-state index in [1.165, 1.54) is 0 Å². The molecule has 0 aliphatic heterocycles. The Morgan fingerprint density at radius 1 is 0.333 bits per heavy atom. The van der Waals surface area contributed by atoms with Gasteiger partial charge in [0.2, 0.25) is 0 Å². The van der Waals surface area contributed by atoms with Gasteiger partial charge in [-0.2, -0.15) is 0 Å². The van der Waals surface area contributed by atoms with Crippen molar-refractivity contribution in [2.45, 2.75) is 0 Å². The molecule has 0 aliphatic rings. The molecule has 24 heteroatoms. The summed E-state index contributed by atoms with van der Waals surface area (Å²) in [4.78, 5) is 0. The summed E-state index contributed by atoms with van der Waals surface area (Å²) in [7, 11) is 0. The van der Waals surface area contributed by atoms with Crippen LogP contribution in [0.3, 0.4) is 0 Å². The predicted molar refractivity (Wildman–Crippen MR) is 43.7 cm³/mol. The summed E-state index contributed by atoms with van der Waals surface area (Å²) in [5.41, 5.74) is 0. The molecule has 0 aromatic rings. The standard InChI is InChI=1S/2Cu.2In.5H2O3Se/c;;;;5*1-4(2)3/h;;;;5*(H2,1,2,3)/q2*+2;2*+3;;;;;/p-10. The summed E-state index contributed by atoms with van der Waals surface area (Å²) >= 11 is -19.0. The van der Waals surface area contributed by atoms with Gasteiger partial charge in [0.25, 0.3) is 0 Å². The Morgan fingerprint density at radius 3 is 0.333 bits per heavy atom. The predicted octanol–water partition coefficient (Wildman–Crippen LogP) is -15.2. The fourth-order valence-electron chi connectivity index (χ4n) is 0. The molecule has 0 aromatic heterocycles. The van der Waals surface area contributed by atoms with Crippen molar-refractivity contribution in [3.8, 4) is 0 Å². The van der Waals surface area contributed by atoms with Gasteiger partial charge >= 0.3 is 219 Å². The van der Waals surface area contributed by atoms with Crippen LogP contribution in [0.15, 0.2) is 0 Å². The van der Waals surface area contributed by atoms with Crippen LogP contribution >= 0.6 is 0 Å². The SMILES string of the molecule is O=[Se]([O-])[O-].O=[Se]([O-])[O-].O=[Se]([O-])[O-].O=[Se]([O-])[O-].O=[Se]([O-])[O-].[Cu+2].[Cu+2].[In+3].[In+3]. The van der Waals surface area contributed by atoms with Crippen LogP contribution in [0, 0.1) is 0 Å². The van der Waals surface area contributed by atoms with E-state index >= 15 is 0 Å². The first kappa shape index (κ1) is 56.5. The van der Waals surface area contributed by atoms with Gasteiger partial charge in [-0.15, -0.1) is 0 Å². The zero-order chi connectivity index (χ0) is 17.9. The van der Waals surface area contributed by atoms with Crippen LogP contribution in [0.2, 0.25) is 0 Å². The first-order valence-electron chi connectivity index (χ1n) is 2.50. The molecule has 15 nitrogen and oxygen atoms in total. The van der Waals surface area contributed by atoms with Crippen LogP contribution in [-0.4, -0.2) is 124 Å². The second-order valence-corrected chi connectivity index (χ2v) is 5.30. The second kappa shape index (κ2) is 50.5. The van der Waals surface area contributed by atoms with E-state index in [-0.39, 0.29) is 85.8 Å². The number of rotatable bonds is 0. The maximum atomic E-state index is 8.54. The summed E-state index contributed by atoms with van der Waals surface area (Å²) in [5, 5.41) is 0. The zero-order valence-electron chi connectivity index (χ0n) is 9.92. The van der Waals surface area contributed by atoms with Crippen LogP contribution in [0.1, 0.15) is 0 Å². The molecule has 0 spiro atoms. The Kier molecular flexibility index (Phi) is 119. The van der Waals surface area contributed by atoms with Crippen LogP contribution < -0.4 is 41.9 Å². The van der Waals surface area contributed by atoms with Gasteiger partial charge in [0.15, 0.2) is 0 Å². The van der Waals surface area contributed by atoms with Crippen molar-refractivity contribution >= 4 is 124 Å². The van der Waals surface area contributed by atoms with Crippen LogP contribution in [-0.2, 0) is 53.3 Å². The van der Waals surface area contributed by atoms with Gasteiger partial charge in [-0.1, -0.05) is 0 Å². The third-order valence-electron chi connectivity index (χ3n) is 0. The average molecular weight is 992 g/mol. The molecular formula is Cu2In2O15Se5. The molecule has 0 saturated heterocycles. The van der Waals surface area contributed by atoms with Gasteiger partial charge < -0.3 is 0 Å². The fraction of sp³-hybridized carbons (Fsp3) is 0. The normalized spacial score (nSPS) is 7.29.